The molecule has 0 aliphatic rings. The van der Waals surface area contributed by atoms with Gasteiger partial charge in [-0.3, -0.25) is 0 Å². The SMILES string of the molecule is C=C/C=C(\SC)c1sc(-c2ccc(C)s2)c(CC)c1CC. The first kappa shape index (κ1) is 16.6. The summed E-state index contributed by atoms with van der Waals surface area (Å²) in [4.78, 5) is 7.02. The van der Waals surface area contributed by atoms with Crippen molar-refractivity contribution in [3.63, 3.8) is 0 Å². The smallest absolute Gasteiger partial charge is 0.0484 e. The van der Waals surface area contributed by atoms with E-state index in [0.29, 0.717) is 0 Å². The van der Waals surface area contributed by atoms with Crippen LogP contribution in [0.4, 0.5) is 0 Å². The molecule has 0 atom stereocenters. The van der Waals surface area contributed by atoms with Gasteiger partial charge in [0.2, 0.25) is 0 Å². The zero-order valence-electron chi connectivity index (χ0n) is 13.2. The van der Waals surface area contributed by atoms with E-state index in [9.17, 15) is 0 Å². The van der Waals surface area contributed by atoms with Crippen molar-refractivity contribution in [2.75, 3.05) is 6.26 Å². The van der Waals surface area contributed by atoms with Crippen molar-refractivity contribution in [3.8, 4) is 9.75 Å². The van der Waals surface area contributed by atoms with E-state index in [1.54, 1.807) is 0 Å². The van der Waals surface area contributed by atoms with Gasteiger partial charge in [-0.1, -0.05) is 26.5 Å². The number of aryl methyl sites for hydroxylation is 1. The lowest BCUT2D eigenvalue weighted by molar-refractivity contribution is 1.05. The summed E-state index contributed by atoms with van der Waals surface area (Å²) in [6.07, 6.45) is 8.37. The molecular weight excluding hydrogens is 312 g/mol. The van der Waals surface area contributed by atoms with Crippen LogP contribution in [0.15, 0.2) is 30.9 Å². The lowest BCUT2D eigenvalue weighted by Gasteiger charge is -2.05. The summed E-state index contributed by atoms with van der Waals surface area (Å²) in [5, 5.41) is 0. The van der Waals surface area contributed by atoms with E-state index >= 15 is 0 Å². The van der Waals surface area contributed by atoms with E-state index in [0.717, 1.165) is 12.8 Å². The van der Waals surface area contributed by atoms with Gasteiger partial charge in [0.25, 0.3) is 0 Å². The molecule has 0 fully saturated rings. The molecule has 112 valence electrons. The molecule has 0 amide bonds. The normalized spacial score (nSPS) is 11.9. The lowest BCUT2D eigenvalue weighted by Crippen LogP contribution is -1.90. The number of thioether (sulfide) groups is 1. The van der Waals surface area contributed by atoms with Crippen LogP contribution in [-0.2, 0) is 12.8 Å². The number of thiophene rings is 2. The quantitative estimate of drug-likeness (QED) is 0.523. The molecule has 0 spiro atoms. The fourth-order valence-electron chi connectivity index (χ4n) is 2.55. The van der Waals surface area contributed by atoms with Crippen LogP contribution in [0.1, 0.15) is 34.7 Å². The molecule has 0 saturated heterocycles. The minimum Gasteiger partial charge on any atom is -0.140 e. The number of hydrogen-bond donors (Lipinski definition) is 0. The Morgan fingerprint density at radius 1 is 1.19 bits per heavy atom. The predicted octanol–water partition coefficient (Wildman–Crippen LogP) is 6.80. The summed E-state index contributed by atoms with van der Waals surface area (Å²) in [7, 11) is 0. The zero-order chi connectivity index (χ0) is 15.4. The Balaban J connectivity index is 2.65. The molecule has 2 heterocycles. The van der Waals surface area contributed by atoms with Gasteiger partial charge in [0, 0.05) is 24.4 Å². The molecular formula is C18H22S3. The van der Waals surface area contributed by atoms with Crippen LogP contribution < -0.4 is 0 Å². The molecule has 0 saturated carbocycles. The van der Waals surface area contributed by atoms with E-state index in [2.05, 4.69) is 51.8 Å². The summed E-state index contributed by atoms with van der Waals surface area (Å²) in [5.41, 5.74) is 3.05. The van der Waals surface area contributed by atoms with Crippen molar-refractivity contribution >= 4 is 39.3 Å². The zero-order valence-corrected chi connectivity index (χ0v) is 15.6. The maximum Gasteiger partial charge on any atom is 0.0484 e. The molecule has 21 heavy (non-hydrogen) atoms. The van der Waals surface area contributed by atoms with Crippen molar-refractivity contribution in [2.45, 2.75) is 33.6 Å². The van der Waals surface area contributed by atoms with Gasteiger partial charge in [0.15, 0.2) is 0 Å². The summed E-state index contributed by atoms with van der Waals surface area (Å²) in [5.74, 6) is 0. The van der Waals surface area contributed by atoms with Gasteiger partial charge >= 0.3 is 0 Å². The van der Waals surface area contributed by atoms with E-state index in [1.165, 1.54) is 35.5 Å². The van der Waals surface area contributed by atoms with Crippen LogP contribution >= 0.6 is 34.4 Å². The van der Waals surface area contributed by atoms with Gasteiger partial charge < -0.3 is 0 Å². The van der Waals surface area contributed by atoms with Crippen molar-refractivity contribution in [3.05, 3.63) is 51.7 Å². The first-order chi connectivity index (χ1) is 10.2. The standard InChI is InChI=1S/C18H22S3/c1-6-9-15(19-5)17-13(7-2)14(8-3)18(21-17)16-11-10-12(4)20-16/h6,9-11H,1,7-8H2,2-5H3/b15-9-. The molecule has 0 bridgehead atoms. The fourth-order valence-corrected chi connectivity index (χ4v) is 5.87. The Hall–Kier alpha value is -0.770. The van der Waals surface area contributed by atoms with E-state index < -0.39 is 0 Å². The Morgan fingerprint density at radius 3 is 2.38 bits per heavy atom. The molecule has 0 aliphatic carbocycles. The van der Waals surface area contributed by atoms with Crippen LogP contribution in [-0.4, -0.2) is 6.26 Å². The van der Waals surface area contributed by atoms with Gasteiger partial charge in [-0.05, 0) is 55.4 Å². The van der Waals surface area contributed by atoms with Crippen LogP contribution in [0.2, 0.25) is 0 Å². The lowest BCUT2D eigenvalue weighted by atomic mass is 10.0. The van der Waals surface area contributed by atoms with Gasteiger partial charge in [-0.25, -0.2) is 0 Å². The molecule has 2 aromatic rings. The molecule has 0 aliphatic heterocycles. The maximum atomic E-state index is 3.86. The average molecular weight is 335 g/mol. The van der Waals surface area contributed by atoms with Crippen LogP contribution in [0, 0.1) is 6.92 Å². The highest BCUT2D eigenvalue weighted by atomic mass is 32.2. The minimum atomic E-state index is 1.09. The molecule has 3 heteroatoms. The van der Waals surface area contributed by atoms with Gasteiger partial charge in [-0.15, -0.1) is 34.4 Å². The highest BCUT2D eigenvalue weighted by Gasteiger charge is 2.19. The number of rotatable bonds is 6. The molecule has 0 nitrogen and oxygen atoms in total. The highest BCUT2D eigenvalue weighted by Crippen LogP contribution is 2.45. The van der Waals surface area contributed by atoms with Gasteiger partial charge in [0.05, 0.1) is 0 Å². The second kappa shape index (κ2) is 7.48. The predicted molar refractivity (Wildman–Crippen MR) is 103 cm³/mol. The summed E-state index contributed by atoms with van der Waals surface area (Å²) in [6, 6.07) is 4.49. The van der Waals surface area contributed by atoms with Gasteiger partial charge in [-0.2, -0.15) is 0 Å². The number of allylic oxidation sites excluding steroid dienone is 2. The van der Waals surface area contributed by atoms with Crippen molar-refractivity contribution in [2.24, 2.45) is 0 Å². The summed E-state index contributed by atoms with van der Waals surface area (Å²) < 4.78 is 0. The fraction of sp³-hybridized carbons (Fsp3) is 0.333. The second-order valence-electron chi connectivity index (χ2n) is 4.81. The first-order valence-corrected chi connectivity index (χ1v) is 10.1. The Kier molecular flexibility index (Phi) is 5.91. The molecule has 0 N–H and O–H groups in total. The maximum absolute atomic E-state index is 3.86. The molecule has 2 rings (SSSR count). The Labute approximate surface area is 140 Å². The monoisotopic (exact) mass is 334 g/mol. The molecule has 2 aromatic heterocycles. The molecule has 0 radical (unpaired) electrons. The summed E-state index contributed by atoms with van der Waals surface area (Å²) >= 11 is 5.66. The average Bonchev–Trinajstić information content (AvgIpc) is 3.07. The van der Waals surface area contributed by atoms with E-state index in [4.69, 9.17) is 0 Å². The molecule has 0 unspecified atom stereocenters. The third-order valence-electron chi connectivity index (χ3n) is 3.50. The highest BCUT2D eigenvalue weighted by molar-refractivity contribution is 8.07. The number of hydrogen-bond acceptors (Lipinski definition) is 3. The third-order valence-corrected chi connectivity index (χ3v) is 6.90. The Bertz CT molecular complexity index is 656. The first-order valence-electron chi connectivity index (χ1n) is 7.24. The van der Waals surface area contributed by atoms with E-state index in [1.807, 2.05) is 40.5 Å². The van der Waals surface area contributed by atoms with Gasteiger partial charge in [0.1, 0.15) is 0 Å². The second-order valence-corrected chi connectivity index (χ2v) is 7.96. The van der Waals surface area contributed by atoms with Crippen molar-refractivity contribution < 1.29 is 0 Å². The molecule has 0 aromatic carbocycles. The largest absolute Gasteiger partial charge is 0.140 e. The topological polar surface area (TPSA) is 0 Å². The van der Waals surface area contributed by atoms with E-state index in [-0.39, 0.29) is 0 Å². The van der Waals surface area contributed by atoms with Crippen LogP contribution in [0.5, 0.6) is 0 Å². The van der Waals surface area contributed by atoms with Crippen molar-refractivity contribution in [1.82, 2.24) is 0 Å². The minimum absolute atomic E-state index is 1.09. The summed E-state index contributed by atoms with van der Waals surface area (Å²) in [6.45, 7) is 10.6. The van der Waals surface area contributed by atoms with Crippen LogP contribution in [0.25, 0.3) is 14.7 Å². The van der Waals surface area contributed by atoms with Crippen LogP contribution in [0.3, 0.4) is 0 Å². The third kappa shape index (κ3) is 3.36. The van der Waals surface area contributed by atoms with Crippen molar-refractivity contribution in [1.29, 1.82) is 0 Å². The Morgan fingerprint density at radius 2 is 1.90 bits per heavy atom.